The van der Waals surface area contributed by atoms with E-state index in [9.17, 15) is 0 Å². The smallest absolute Gasteiger partial charge is 0.191 e. The van der Waals surface area contributed by atoms with Crippen molar-refractivity contribution in [3.05, 3.63) is 24.3 Å². The number of benzene rings is 1. The second kappa shape index (κ2) is 9.85. The zero-order chi connectivity index (χ0) is 15.9. The highest BCUT2D eigenvalue weighted by atomic mass is 127. The molecule has 1 saturated heterocycles. The van der Waals surface area contributed by atoms with Crippen LogP contribution in [0, 0.1) is 5.92 Å². The van der Waals surface area contributed by atoms with Crippen molar-refractivity contribution in [2.75, 3.05) is 26.7 Å². The van der Waals surface area contributed by atoms with Gasteiger partial charge in [-0.05, 0) is 37.8 Å². The summed E-state index contributed by atoms with van der Waals surface area (Å²) in [4.78, 5) is 6.64. The van der Waals surface area contributed by atoms with Gasteiger partial charge in [0.2, 0.25) is 0 Å². The first kappa shape index (κ1) is 19.9. The van der Waals surface area contributed by atoms with Crippen LogP contribution in [-0.4, -0.2) is 43.7 Å². The van der Waals surface area contributed by atoms with Crippen LogP contribution < -0.4 is 15.2 Å². The predicted octanol–water partition coefficient (Wildman–Crippen LogP) is 3.13. The average molecular weight is 433 g/mol. The Morgan fingerprint density at radius 3 is 2.65 bits per heavy atom. The van der Waals surface area contributed by atoms with Crippen molar-refractivity contribution in [3.63, 3.8) is 0 Å². The highest BCUT2D eigenvalue weighted by Crippen LogP contribution is 2.20. The lowest BCUT2D eigenvalue weighted by molar-refractivity contribution is 0.227. The van der Waals surface area contributed by atoms with Crippen molar-refractivity contribution < 1.29 is 9.47 Å². The van der Waals surface area contributed by atoms with Gasteiger partial charge >= 0.3 is 0 Å². The lowest BCUT2D eigenvalue weighted by Gasteiger charge is -2.31. The SMILES string of the molecule is COc1cccc(OC(C)CN=C(N)N2CCC(C)CC2)c1.I. The van der Waals surface area contributed by atoms with E-state index < -0.39 is 0 Å². The van der Waals surface area contributed by atoms with Crippen molar-refractivity contribution in [1.82, 2.24) is 4.90 Å². The Bertz CT molecular complexity index is 502. The summed E-state index contributed by atoms with van der Waals surface area (Å²) in [6, 6.07) is 7.59. The molecule has 0 bridgehead atoms. The molecule has 0 amide bonds. The van der Waals surface area contributed by atoms with Crippen molar-refractivity contribution in [1.29, 1.82) is 0 Å². The van der Waals surface area contributed by atoms with Gasteiger partial charge in [-0.3, -0.25) is 0 Å². The molecule has 1 fully saturated rings. The van der Waals surface area contributed by atoms with Crippen LogP contribution in [0.25, 0.3) is 0 Å². The summed E-state index contributed by atoms with van der Waals surface area (Å²) >= 11 is 0. The summed E-state index contributed by atoms with van der Waals surface area (Å²) in [6.45, 7) is 6.83. The number of aliphatic imine (C=N–C) groups is 1. The summed E-state index contributed by atoms with van der Waals surface area (Å²) in [7, 11) is 1.65. The molecule has 1 heterocycles. The van der Waals surface area contributed by atoms with E-state index in [-0.39, 0.29) is 30.1 Å². The Kier molecular flexibility index (Phi) is 8.51. The van der Waals surface area contributed by atoms with Crippen LogP contribution in [0.1, 0.15) is 26.7 Å². The molecule has 23 heavy (non-hydrogen) atoms. The van der Waals surface area contributed by atoms with E-state index in [1.54, 1.807) is 7.11 Å². The topological polar surface area (TPSA) is 60.1 Å². The third-order valence-corrected chi connectivity index (χ3v) is 4.00. The molecule has 1 aromatic rings. The van der Waals surface area contributed by atoms with Gasteiger partial charge in [0.1, 0.15) is 17.6 Å². The molecular formula is C17H28IN3O2. The van der Waals surface area contributed by atoms with Gasteiger partial charge in [-0.15, -0.1) is 24.0 Å². The van der Waals surface area contributed by atoms with Gasteiger partial charge in [0.15, 0.2) is 5.96 Å². The van der Waals surface area contributed by atoms with Crippen LogP contribution in [0.3, 0.4) is 0 Å². The Hall–Kier alpha value is -1.18. The van der Waals surface area contributed by atoms with Gasteiger partial charge in [-0.2, -0.15) is 0 Å². The molecule has 0 saturated carbocycles. The number of methoxy groups -OCH3 is 1. The zero-order valence-electron chi connectivity index (χ0n) is 14.2. The van der Waals surface area contributed by atoms with Crippen molar-refractivity contribution in [3.8, 4) is 11.5 Å². The minimum Gasteiger partial charge on any atom is -0.497 e. The molecule has 1 aromatic carbocycles. The normalized spacial score (nSPS) is 17.3. The molecule has 0 aromatic heterocycles. The molecule has 0 spiro atoms. The summed E-state index contributed by atoms with van der Waals surface area (Å²) in [6.07, 6.45) is 2.34. The van der Waals surface area contributed by atoms with Crippen molar-refractivity contribution >= 4 is 29.9 Å². The molecule has 1 atom stereocenters. The molecule has 2 rings (SSSR count). The lowest BCUT2D eigenvalue weighted by atomic mass is 10.00. The summed E-state index contributed by atoms with van der Waals surface area (Å²) in [5, 5.41) is 0. The number of halogens is 1. The second-order valence-corrected chi connectivity index (χ2v) is 5.98. The molecule has 1 aliphatic rings. The molecule has 1 aliphatic heterocycles. The third-order valence-electron chi connectivity index (χ3n) is 4.00. The van der Waals surface area contributed by atoms with Gasteiger partial charge in [0.05, 0.1) is 13.7 Å². The molecule has 5 nitrogen and oxygen atoms in total. The summed E-state index contributed by atoms with van der Waals surface area (Å²) in [5.74, 6) is 3.00. The minimum atomic E-state index is -0.0330. The van der Waals surface area contributed by atoms with Crippen LogP contribution in [0.5, 0.6) is 11.5 Å². The van der Waals surface area contributed by atoms with Crippen LogP contribution in [0.15, 0.2) is 29.3 Å². The number of hydrogen-bond acceptors (Lipinski definition) is 3. The maximum Gasteiger partial charge on any atom is 0.191 e. The van der Waals surface area contributed by atoms with Crippen molar-refractivity contribution in [2.45, 2.75) is 32.8 Å². The number of guanidine groups is 1. The molecule has 6 heteroatoms. The fourth-order valence-corrected chi connectivity index (χ4v) is 2.50. The van der Waals surface area contributed by atoms with Gasteiger partial charge in [-0.1, -0.05) is 13.0 Å². The maximum atomic E-state index is 6.08. The fraction of sp³-hybridized carbons (Fsp3) is 0.588. The molecular weight excluding hydrogens is 405 g/mol. The van der Waals surface area contributed by atoms with E-state index in [0.717, 1.165) is 30.5 Å². The number of ether oxygens (including phenoxy) is 2. The zero-order valence-corrected chi connectivity index (χ0v) is 16.5. The number of nitrogens with two attached hydrogens (primary N) is 1. The van der Waals surface area contributed by atoms with E-state index in [2.05, 4.69) is 16.8 Å². The molecule has 130 valence electrons. The monoisotopic (exact) mass is 433 g/mol. The van der Waals surface area contributed by atoms with Crippen LogP contribution in [-0.2, 0) is 0 Å². The highest BCUT2D eigenvalue weighted by molar-refractivity contribution is 14.0. The van der Waals surface area contributed by atoms with E-state index in [1.165, 1.54) is 12.8 Å². The largest absolute Gasteiger partial charge is 0.497 e. The highest BCUT2D eigenvalue weighted by Gasteiger charge is 2.17. The van der Waals surface area contributed by atoms with Gasteiger partial charge in [0.25, 0.3) is 0 Å². The van der Waals surface area contributed by atoms with Crippen LogP contribution in [0.2, 0.25) is 0 Å². The Balaban J connectivity index is 0.00000264. The summed E-state index contributed by atoms with van der Waals surface area (Å²) in [5.41, 5.74) is 6.08. The Labute approximate surface area is 156 Å². The minimum absolute atomic E-state index is 0. The number of rotatable bonds is 5. The average Bonchev–Trinajstić information content (AvgIpc) is 2.53. The molecule has 1 unspecified atom stereocenters. The second-order valence-electron chi connectivity index (χ2n) is 5.98. The lowest BCUT2D eigenvalue weighted by Crippen LogP contribution is -2.43. The molecule has 2 N–H and O–H groups in total. The third kappa shape index (κ3) is 6.45. The van der Waals surface area contributed by atoms with Crippen LogP contribution >= 0.6 is 24.0 Å². The van der Waals surface area contributed by atoms with Gasteiger partial charge in [-0.25, -0.2) is 4.99 Å². The number of likely N-dealkylation sites (tertiary alicyclic amines) is 1. The first-order valence-electron chi connectivity index (χ1n) is 7.94. The number of hydrogen-bond donors (Lipinski definition) is 1. The van der Waals surface area contributed by atoms with Gasteiger partial charge < -0.3 is 20.1 Å². The molecule has 0 aliphatic carbocycles. The number of nitrogens with zero attached hydrogens (tertiary/aromatic N) is 2. The maximum absolute atomic E-state index is 6.08. The van der Waals surface area contributed by atoms with E-state index in [1.807, 2.05) is 31.2 Å². The first-order chi connectivity index (χ1) is 10.6. The standard InChI is InChI=1S/C17H27N3O2.HI/c1-13-7-9-20(10-8-13)17(18)19-12-14(2)22-16-6-4-5-15(11-16)21-3;/h4-6,11,13-14H,7-10,12H2,1-3H3,(H2,18,19);1H. The number of piperidine rings is 1. The van der Waals surface area contributed by atoms with Crippen LogP contribution in [0.4, 0.5) is 0 Å². The molecule has 0 radical (unpaired) electrons. The quantitative estimate of drug-likeness (QED) is 0.441. The van der Waals surface area contributed by atoms with E-state index in [4.69, 9.17) is 15.2 Å². The Morgan fingerprint density at radius 1 is 1.35 bits per heavy atom. The van der Waals surface area contributed by atoms with E-state index in [0.29, 0.717) is 12.5 Å². The predicted molar refractivity (Wildman–Crippen MR) is 105 cm³/mol. The summed E-state index contributed by atoms with van der Waals surface area (Å²) < 4.78 is 11.0. The van der Waals surface area contributed by atoms with Gasteiger partial charge in [0, 0.05) is 19.2 Å². The first-order valence-corrected chi connectivity index (χ1v) is 7.94. The van der Waals surface area contributed by atoms with Crippen molar-refractivity contribution in [2.24, 2.45) is 16.6 Å². The fourth-order valence-electron chi connectivity index (χ4n) is 2.50. The Morgan fingerprint density at radius 2 is 2.00 bits per heavy atom. The van der Waals surface area contributed by atoms with E-state index >= 15 is 0 Å².